The number of oxime groups is 1. The van der Waals surface area contributed by atoms with Crippen LogP contribution in [-0.2, 0) is 20.9 Å². The molecule has 1 amide bonds. The van der Waals surface area contributed by atoms with E-state index in [9.17, 15) is 19.8 Å². The van der Waals surface area contributed by atoms with Crippen molar-refractivity contribution in [3.8, 4) is 23.0 Å². The zero-order chi connectivity index (χ0) is 44.3. The van der Waals surface area contributed by atoms with Crippen LogP contribution in [0.25, 0.3) is 10.8 Å². The summed E-state index contributed by atoms with van der Waals surface area (Å²) in [5.41, 5.74) is 3.70. The maximum Gasteiger partial charge on any atom is 0.410 e. The first-order valence-corrected chi connectivity index (χ1v) is 22.3. The van der Waals surface area contributed by atoms with E-state index < -0.39 is 23.8 Å². The van der Waals surface area contributed by atoms with E-state index in [1.807, 2.05) is 60.7 Å². The predicted molar refractivity (Wildman–Crippen MR) is 242 cm³/mol. The summed E-state index contributed by atoms with van der Waals surface area (Å²) in [6.07, 6.45) is 8.71. The van der Waals surface area contributed by atoms with Gasteiger partial charge in [0.15, 0.2) is 6.29 Å². The summed E-state index contributed by atoms with van der Waals surface area (Å²) in [7, 11) is 3.03. The summed E-state index contributed by atoms with van der Waals surface area (Å²) in [6.45, 7) is 4.43. The van der Waals surface area contributed by atoms with E-state index in [1.165, 1.54) is 14.2 Å². The lowest BCUT2D eigenvalue weighted by atomic mass is 9.55. The average molecular weight is 881 g/mol. The molecule has 0 aromatic heterocycles. The normalized spacial score (nSPS) is 22.8. The highest BCUT2D eigenvalue weighted by Crippen LogP contribution is 2.62. The number of aliphatic hydroxyl groups is 2. The number of amides is 1. The van der Waals surface area contributed by atoms with Gasteiger partial charge in [0.05, 0.1) is 43.3 Å². The first kappa shape index (κ1) is 45.6. The van der Waals surface area contributed by atoms with Gasteiger partial charge in [-0.15, -0.1) is 18.2 Å². The number of alkyl halides is 1. The number of unbranched alkanes of at least 4 members (excludes halogenated alkanes) is 2. The summed E-state index contributed by atoms with van der Waals surface area (Å²) < 4.78 is 32.2. The number of aliphatic hydroxyl groups excluding tert-OH is 2. The fourth-order valence-corrected chi connectivity index (χ4v) is 10.0. The van der Waals surface area contributed by atoms with Crippen molar-refractivity contribution in [1.82, 2.24) is 4.90 Å². The topological polar surface area (TPSA) is 146 Å². The van der Waals surface area contributed by atoms with Gasteiger partial charge in [-0.05, 0) is 95.8 Å². The number of fused-ring (bicyclic) bond motifs is 3. The molecule has 63 heavy (non-hydrogen) atoms. The number of hydrogen-bond donors (Lipinski definition) is 2. The number of carbonyl (C=O) groups excluding carboxylic acids is 2. The van der Waals surface area contributed by atoms with Crippen LogP contribution in [0.1, 0.15) is 72.3 Å². The molecular weight excluding hydrogens is 824 g/mol. The van der Waals surface area contributed by atoms with Crippen LogP contribution in [0.2, 0.25) is 0 Å². The van der Waals surface area contributed by atoms with Gasteiger partial charge in [0.1, 0.15) is 42.8 Å². The monoisotopic (exact) mass is 880 g/mol. The number of carbonyl (C=O) groups is 2. The number of hydrogen-bond acceptors (Lipinski definition) is 11. The summed E-state index contributed by atoms with van der Waals surface area (Å²) in [5.74, 6) is -0.205. The van der Waals surface area contributed by atoms with E-state index in [-0.39, 0.29) is 63.0 Å². The molecule has 1 fully saturated rings. The third-order valence-corrected chi connectivity index (χ3v) is 12.7. The Hall–Kier alpha value is -5.40. The van der Waals surface area contributed by atoms with Gasteiger partial charge in [-0.25, -0.2) is 4.79 Å². The molecule has 0 saturated heterocycles. The van der Waals surface area contributed by atoms with Crippen LogP contribution in [0.15, 0.2) is 108 Å². The largest absolute Gasteiger partial charge is 0.496 e. The van der Waals surface area contributed by atoms with Crippen molar-refractivity contribution < 1.29 is 48.3 Å². The van der Waals surface area contributed by atoms with Gasteiger partial charge in [0.2, 0.25) is 5.79 Å². The molecule has 0 spiro atoms. The van der Waals surface area contributed by atoms with E-state index in [2.05, 4.69) is 17.8 Å². The number of rotatable bonds is 21. The van der Waals surface area contributed by atoms with E-state index in [4.69, 9.17) is 40.1 Å². The van der Waals surface area contributed by atoms with Crippen molar-refractivity contribution in [1.29, 1.82) is 0 Å². The number of nitrogens with zero attached hydrogens (tertiary/aromatic N) is 2. The number of ether oxygens (including phenoxy) is 5. The maximum atomic E-state index is 14.7. The van der Waals surface area contributed by atoms with Crippen LogP contribution in [0.3, 0.4) is 0 Å². The van der Waals surface area contributed by atoms with Gasteiger partial charge in [-0.3, -0.25) is 9.69 Å². The van der Waals surface area contributed by atoms with Gasteiger partial charge < -0.3 is 38.7 Å². The van der Waals surface area contributed by atoms with Crippen molar-refractivity contribution in [3.63, 3.8) is 0 Å². The predicted octanol–water partition coefficient (Wildman–Crippen LogP) is 9.59. The lowest BCUT2D eigenvalue weighted by molar-refractivity contribution is -0.256. The molecule has 7 rings (SSSR count). The fourth-order valence-electron chi connectivity index (χ4n) is 9.95. The smallest absolute Gasteiger partial charge is 0.410 e. The van der Waals surface area contributed by atoms with Gasteiger partial charge in [0, 0.05) is 31.1 Å². The molecular formula is C50H57ClN2O10. The fraction of sp³-hybridized carbons (Fsp3) is 0.420. The van der Waals surface area contributed by atoms with Crippen molar-refractivity contribution >= 4 is 40.5 Å². The molecule has 12 nitrogen and oxygen atoms in total. The molecule has 2 N–H and O–H groups in total. The second-order valence-electron chi connectivity index (χ2n) is 16.1. The first-order valence-electron chi connectivity index (χ1n) is 21.7. The second-order valence-corrected chi connectivity index (χ2v) is 16.5. The Kier molecular flexibility index (Phi) is 15.4. The van der Waals surface area contributed by atoms with E-state index in [0.29, 0.717) is 47.1 Å². The SMILES string of the molecule is C=CCOC12Oc3ccc(Oc4ccc(OC)c(C=O)c4)cc3C3C(CCCCO)C(CCCCO)C=C(C(=NOC)CC1N(Cc1cccc4ccccc14)C(=O)OCCCl)C32. The molecule has 0 bridgehead atoms. The molecule has 2 aliphatic carbocycles. The van der Waals surface area contributed by atoms with Crippen molar-refractivity contribution in [2.45, 2.75) is 69.2 Å². The molecule has 334 valence electrons. The summed E-state index contributed by atoms with van der Waals surface area (Å²) in [6, 6.07) is 24.0. The third kappa shape index (κ3) is 9.60. The Morgan fingerprint density at radius 1 is 0.984 bits per heavy atom. The molecule has 4 aromatic rings. The molecule has 1 saturated carbocycles. The lowest BCUT2D eigenvalue weighted by Gasteiger charge is -2.59. The van der Waals surface area contributed by atoms with Crippen molar-refractivity contribution in [3.05, 3.63) is 120 Å². The van der Waals surface area contributed by atoms with Crippen LogP contribution in [-0.4, -0.2) is 91.6 Å². The Bertz CT molecular complexity index is 2290. The standard InChI is InChI=1S/C50H57ClN2O10/c1-4-25-61-50-46(53(49(57)60-26-22-51)31-35-15-11-14-33-12-5-6-16-39(33)35)30-43(52-59-3)41-28-34(13-7-9-23-54)40(17-8-10-24-55)47(48(41)50)42-29-38(19-21-45(42)63-50)62-37-18-20-44(58-2)36(27-37)32-56/h4-6,11-12,14-16,18-21,27-29,32,34,40,46-48,54-55H,1,7-10,13,17,22-26,30-31H2,2-3H3. The molecule has 13 heteroatoms. The Balaban J connectivity index is 1.45. The Morgan fingerprint density at radius 2 is 1.75 bits per heavy atom. The van der Waals surface area contributed by atoms with Gasteiger partial charge in [-0.1, -0.05) is 72.6 Å². The van der Waals surface area contributed by atoms with Crippen molar-refractivity contribution in [2.24, 2.45) is 22.9 Å². The first-order chi connectivity index (χ1) is 30.8. The molecule has 1 aliphatic heterocycles. The zero-order valence-electron chi connectivity index (χ0n) is 36.0. The number of benzene rings is 4. The van der Waals surface area contributed by atoms with Gasteiger partial charge in [-0.2, -0.15) is 0 Å². The van der Waals surface area contributed by atoms with Crippen LogP contribution >= 0.6 is 11.6 Å². The Morgan fingerprint density at radius 3 is 2.49 bits per heavy atom. The molecule has 6 unspecified atom stereocenters. The molecule has 4 aromatic carbocycles. The van der Waals surface area contributed by atoms with E-state index in [0.717, 1.165) is 59.4 Å². The average Bonchev–Trinajstić information content (AvgIpc) is 3.31. The molecule has 3 aliphatic rings. The highest BCUT2D eigenvalue weighted by Gasteiger charge is 2.65. The van der Waals surface area contributed by atoms with Gasteiger partial charge in [0.25, 0.3) is 0 Å². The third-order valence-electron chi connectivity index (χ3n) is 12.5. The van der Waals surface area contributed by atoms with Gasteiger partial charge >= 0.3 is 6.09 Å². The van der Waals surface area contributed by atoms with E-state index >= 15 is 0 Å². The highest BCUT2D eigenvalue weighted by atomic mass is 35.5. The van der Waals surface area contributed by atoms with Crippen LogP contribution in [0.4, 0.5) is 4.79 Å². The zero-order valence-corrected chi connectivity index (χ0v) is 36.7. The summed E-state index contributed by atoms with van der Waals surface area (Å²) in [5, 5.41) is 26.6. The molecule has 1 heterocycles. The Labute approximate surface area is 374 Å². The minimum absolute atomic E-state index is 0.00601. The number of aldehydes is 1. The molecule has 6 atom stereocenters. The summed E-state index contributed by atoms with van der Waals surface area (Å²) >= 11 is 6.13. The molecule has 0 radical (unpaired) electrons. The lowest BCUT2D eigenvalue weighted by Crippen LogP contribution is -2.70. The second kappa shape index (κ2) is 21.3. The minimum Gasteiger partial charge on any atom is -0.496 e. The van der Waals surface area contributed by atoms with Crippen LogP contribution in [0.5, 0.6) is 23.0 Å². The minimum atomic E-state index is -1.50. The summed E-state index contributed by atoms with van der Waals surface area (Å²) in [4.78, 5) is 33.9. The van der Waals surface area contributed by atoms with Crippen LogP contribution < -0.4 is 14.2 Å². The quantitative estimate of drug-likeness (QED) is 0.0273. The highest BCUT2D eigenvalue weighted by molar-refractivity contribution is 6.18. The van der Waals surface area contributed by atoms with Crippen molar-refractivity contribution in [2.75, 3.05) is 46.5 Å². The van der Waals surface area contributed by atoms with Crippen LogP contribution in [0, 0.1) is 17.8 Å². The van der Waals surface area contributed by atoms with E-state index in [1.54, 1.807) is 29.2 Å². The number of halogens is 1. The number of allylic oxidation sites excluding steroid dienone is 1. The maximum absolute atomic E-state index is 14.7. The number of methoxy groups -OCH3 is 1.